The molecule has 0 spiro atoms. The minimum absolute atomic E-state index is 0.163. The zero-order chi connectivity index (χ0) is 47.5. The number of hydrogen-bond acceptors (Lipinski definition) is 5. The molecule has 7 rings (SSSR count). The van der Waals surface area contributed by atoms with Crippen molar-refractivity contribution in [1.82, 2.24) is 9.80 Å². The van der Waals surface area contributed by atoms with Gasteiger partial charge in [-0.15, -0.1) is 0 Å². The van der Waals surface area contributed by atoms with E-state index in [4.69, 9.17) is 29.4 Å². The summed E-state index contributed by atoms with van der Waals surface area (Å²) in [7, 11) is 2.24. The highest BCUT2D eigenvalue weighted by molar-refractivity contribution is 6.22. The van der Waals surface area contributed by atoms with Crippen molar-refractivity contribution in [1.29, 1.82) is 0 Å². The molecule has 0 saturated carbocycles. The van der Waals surface area contributed by atoms with E-state index in [1.165, 1.54) is 13.8 Å². The first-order valence-electron chi connectivity index (χ1n) is 22.0. The smallest absolute Gasteiger partial charge is 0.261 e. The van der Waals surface area contributed by atoms with E-state index in [-0.39, 0.29) is 35.3 Å². The molecule has 0 atom stereocenters. The Balaban J connectivity index is 0.000000244. The second-order valence-electron chi connectivity index (χ2n) is 9.60. The standard InChI is InChI=1S/C24H16N2O4.C14H14O/c1-25-21(27)17-8-6-15(11-19(17)23(25)29)13-4-3-5-14(10-13)16-7-9-18-20(12-16)24(30)26(2)22(18)28;1-11-3-7-13(8-4-11)15-14-9-5-12(2)6-10-14/h3-12H,1-2H3;3-10H,1-2H3/i3D,4D,5D,6D,7D,8D,9D,10D,11D,12D;3D,4D,5D,6D,7D,8D,9D,10D. The Hall–Kier alpha value is -5.82. The topological polar surface area (TPSA) is 84.0 Å². The molecule has 0 radical (unpaired) electrons. The molecule has 7 heteroatoms. The van der Waals surface area contributed by atoms with Gasteiger partial charge in [-0.05, 0) is 90.5 Å². The monoisotopic (exact) mass is 612 g/mol. The third kappa shape index (κ3) is 5.63. The summed E-state index contributed by atoms with van der Waals surface area (Å²) in [5.74, 6) is -4.57. The van der Waals surface area contributed by atoms with Crippen molar-refractivity contribution in [3.8, 4) is 33.8 Å². The van der Waals surface area contributed by atoms with Gasteiger partial charge in [-0.3, -0.25) is 29.0 Å². The van der Waals surface area contributed by atoms with Gasteiger partial charge in [0.15, 0.2) is 0 Å². The fraction of sp³-hybridized carbons (Fsp3) is 0.105. The van der Waals surface area contributed by atoms with E-state index in [0.29, 0.717) is 9.80 Å². The van der Waals surface area contributed by atoms with Crippen LogP contribution in [-0.2, 0) is 0 Å². The maximum atomic E-state index is 12.7. The van der Waals surface area contributed by atoms with Gasteiger partial charge in [-0.1, -0.05) is 65.5 Å². The summed E-state index contributed by atoms with van der Waals surface area (Å²) in [6, 6.07) is -10.8. The highest BCUT2D eigenvalue weighted by Crippen LogP contribution is 2.32. The first-order chi connectivity index (χ1) is 29.2. The van der Waals surface area contributed by atoms with Gasteiger partial charge in [0.25, 0.3) is 23.6 Å². The first kappa shape index (κ1) is 14.8. The molecule has 5 aromatic carbocycles. The number of rotatable bonds is 4. The number of carbonyl (C=O) groups excluding carboxylic acids is 4. The predicted molar refractivity (Wildman–Crippen MR) is 173 cm³/mol. The van der Waals surface area contributed by atoms with E-state index < -0.39 is 164 Å². The van der Waals surface area contributed by atoms with Crippen molar-refractivity contribution in [2.75, 3.05) is 14.1 Å². The molecule has 7 nitrogen and oxygen atoms in total. The number of amides is 4. The molecule has 4 amide bonds. The molecule has 0 aromatic heterocycles. The zero-order valence-corrected chi connectivity index (χ0v) is 23.9. The van der Waals surface area contributed by atoms with Crippen LogP contribution in [0, 0.1) is 13.8 Å². The van der Waals surface area contributed by atoms with Gasteiger partial charge in [0.05, 0.1) is 46.9 Å². The Morgan fingerprint density at radius 2 is 0.822 bits per heavy atom. The minimum atomic E-state index is -0.951. The number of hydrogen-bond donors (Lipinski definition) is 0. The van der Waals surface area contributed by atoms with Crippen LogP contribution in [0.1, 0.15) is 77.2 Å². The molecule has 0 N–H and O–H groups in total. The van der Waals surface area contributed by atoms with Gasteiger partial charge in [0, 0.05) is 14.1 Å². The van der Waals surface area contributed by atoms with E-state index >= 15 is 0 Å². The summed E-state index contributed by atoms with van der Waals surface area (Å²) >= 11 is 0. The molecule has 5 aromatic rings. The molecule has 2 aliphatic rings. The highest BCUT2D eigenvalue weighted by atomic mass is 16.5. The molecule has 2 heterocycles. The summed E-state index contributed by atoms with van der Waals surface area (Å²) in [6.07, 6.45) is 0. The van der Waals surface area contributed by atoms with Gasteiger partial charge in [-0.25, -0.2) is 0 Å². The SMILES string of the molecule is [2H]c1c([2H])c(-c2c([2H])c([2H])c3c(c2[2H])C(=O)N(C)C3=O)c([2H])c(-c2c([2H])c([2H])c3c(c2[2H])C(=O)N(C)C3=O)c1[2H].[2H]c1c([2H])c(Oc2c([2H])c([2H])c(C)c([2H])c2[2H])c([2H])c([2H])c1C. The number of ether oxygens (including phenoxy) is 1. The Morgan fingerprint density at radius 3 is 1.22 bits per heavy atom. The number of carbonyl (C=O) groups is 4. The van der Waals surface area contributed by atoms with Crippen LogP contribution in [0.4, 0.5) is 0 Å². The van der Waals surface area contributed by atoms with Crippen LogP contribution >= 0.6 is 0 Å². The fourth-order valence-electron chi connectivity index (χ4n) is 4.08. The first-order valence-corrected chi connectivity index (χ1v) is 13.0. The molecule has 0 bridgehead atoms. The van der Waals surface area contributed by atoms with Crippen molar-refractivity contribution >= 4 is 23.6 Å². The van der Waals surface area contributed by atoms with Gasteiger partial charge in [-0.2, -0.15) is 0 Å². The fourth-order valence-corrected chi connectivity index (χ4v) is 4.08. The molecule has 2 aliphatic heterocycles. The van der Waals surface area contributed by atoms with Gasteiger partial charge >= 0.3 is 0 Å². The number of fused-ring (bicyclic) bond motifs is 2. The van der Waals surface area contributed by atoms with E-state index in [9.17, 15) is 19.2 Å². The summed E-state index contributed by atoms with van der Waals surface area (Å²) in [6.45, 7) is 2.90. The lowest BCUT2D eigenvalue weighted by Crippen LogP contribution is -2.24. The number of nitrogens with zero attached hydrogens (tertiary/aromatic N) is 2. The van der Waals surface area contributed by atoms with Crippen molar-refractivity contribution in [3.05, 3.63) is 142 Å². The molecule has 0 aliphatic carbocycles. The Kier molecular flexibility index (Phi) is 3.84. The summed E-state index contributed by atoms with van der Waals surface area (Å²) in [5.41, 5.74) is -4.30. The highest BCUT2D eigenvalue weighted by Gasteiger charge is 2.34. The van der Waals surface area contributed by atoms with E-state index in [0.717, 1.165) is 14.1 Å². The quantitative estimate of drug-likeness (QED) is 0.196. The van der Waals surface area contributed by atoms with Crippen LogP contribution in [0.25, 0.3) is 22.3 Å². The van der Waals surface area contributed by atoms with Crippen LogP contribution < -0.4 is 4.74 Å². The van der Waals surface area contributed by atoms with E-state index in [2.05, 4.69) is 0 Å². The average Bonchev–Trinajstić information content (AvgIpc) is 3.62. The van der Waals surface area contributed by atoms with Gasteiger partial charge < -0.3 is 4.74 Å². The normalized spacial score (nSPS) is 19.0. The predicted octanol–water partition coefficient (Wildman–Crippen LogP) is 7.57. The van der Waals surface area contributed by atoms with Crippen LogP contribution in [0.2, 0.25) is 0 Å². The van der Waals surface area contributed by atoms with Crippen molar-refractivity contribution in [2.24, 2.45) is 0 Å². The molecule has 0 saturated heterocycles. The Labute approximate surface area is 286 Å². The van der Waals surface area contributed by atoms with Crippen LogP contribution in [0.3, 0.4) is 0 Å². The average molecular weight is 613 g/mol. The molecular formula is C38H30N2O5. The summed E-state index contributed by atoms with van der Waals surface area (Å²) in [4.78, 5) is 51.7. The second-order valence-corrected chi connectivity index (χ2v) is 9.60. The zero-order valence-electron chi connectivity index (χ0n) is 41.9. The minimum Gasteiger partial charge on any atom is -0.457 e. The van der Waals surface area contributed by atoms with E-state index in [1.807, 2.05) is 0 Å². The molecule has 45 heavy (non-hydrogen) atoms. The van der Waals surface area contributed by atoms with Gasteiger partial charge in [0.1, 0.15) is 11.5 Å². The third-order valence-corrected chi connectivity index (χ3v) is 6.48. The van der Waals surface area contributed by atoms with Gasteiger partial charge in [0.2, 0.25) is 0 Å². The summed E-state index contributed by atoms with van der Waals surface area (Å²) < 4.78 is 153. The van der Waals surface area contributed by atoms with Crippen LogP contribution in [0.15, 0.2) is 109 Å². The lowest BCUT2D eigenvalue weighted by atomic mass is 9.95. The third-order valence-electron chi connectivity index (χ3n) is 6.48. The Bertz CT molecular complexity index is 2760. The molecule has 0 unspecified atom stereocenters. The largest absolute Gasteiger partial charge is 0.457 e. The maximum Gasteiger partial charge on any atom is 0.261 e. The number of imide groups is 2. The van der Waals surface area contributed by atoms with Crippen LogP contribution in [0.5, 0.6) is 11.5 Å². The number of benzene rings is 5. The van der Waals surface area contributed by atoms with Crippen LogP contribution in [-0.4, -0.2) is 47.5 Å². The second kappa shape index (κ2) is 11.7. The van der Waals surface area contributed by atoms with Crippen molar-refractivity contribution in [2.45, 2.75) is 13.8 Å². The van der Waals surface area contributed by atoms with Crippen molar-refractivity contribution in [3.63, 3.8) is 0 Å². The lowest BCUT2D eigenvalue weighted by Gasteiger charge is -2.08. The maximum absolute atomic E-state index is 12.7. The Morgan fingerprint density at radius 1 is 0.467 bits per heavy atom. The lowest BCUT2D eigenvalue weighted by molar-refractivity contribution is 0.0678. The molecule has 222 valence electrons. The summed E-state index contributed by atoms with van der Waals surface area (Å²) in [5, 5.41) is 0. The van der Waals surface area contributed by atoms with Crippen molar-refractivity contribution < 1.29 is 48.6 Å². The molecular weight excluding hydrogens is 564 g/mol. The van der Waals surface area contributed by atoms with E-state index in [1.54, 1.807) is 0 Å². The molecule has 0 fully saturated rings.